The van der Waals surface area contributed by atoms with Gasteiger partial charge in [0.05, 0.1) is 11.1 Å². The number of alkyl halides is 3. The predicted octanol–water partition coefficient (Wildman–Crippen LogP) is 6.10. The third-order valence-corrected chi connectivity index (χ3v) is 4.37. The van der Waals surface area contributed by atoms with E-state index in [1.54, 1.807) is 6.07 Å². The maximum Gasteiger partial charge on any atom is 0.416 e. The zero-order chi connectivity index (χ0) is 18.1. The molecule has 0 spiro atoms. The minimum Gasteiger partial charge on any atom is -0.326 e. The third-order valence-electron chi connectivity index (χ3n) is 4.37. The van der Waals surface area contributed by atoms with Crippen molar-refractivity contribution in [3.8, 4) is 0 Å². The van der Waals surface area contributed by atoms with Gasteiger partial charge in [-0.1, -0.05) is 36.4 Å². The van der Waals surface area contributed by atoms with Crippen LogP contribution in [0.4, 0.5) is 18.9 Å². The maximum atomic E-state index is 13.1. The number of hydrogen-bond acceptors (Lipinski definition) is 2. The molecule has 0 amide bonds. The van der Waals surface area contributed by atoms with Crippen LogP contribution in [0.1, 0.15) is 37.8 Å². The molecule has 3 rings (SSSR count). The summed E-state index contributed by atoms with van der Waals surface area (Å²) in [4.78, 5) is 6.65. The molecule has 0 atom stereocenters. The van der Waals surface area contributed by atoms with Gasteiger partial charge in [0, 0.05) is 18.7 Å². The first kappa shape index (κ1) is 20.3. The van der Waals surface area contributed by atoms with Crippen LogP contribution in [0.15, 0.2) is 59.6 Å². The Morgan fingerprint density at radius 1 is 1.04 bits per heavy atom. The predicted molar refractivity (Wildman–Crippen MR) is 102 cm³/mol. The summed E-state index contributed by atoms with van der Waals surface area (Å²) in [5.74, 6) is 0.841. The van der Waals surface area contributed by atoms with Crippen molar-refractivity contribution in [2.75, 3.05) is 4.90 Å². The highest BCUT2D eigenvalue weighted by atomic mass is 35.5. The Balaban J connectivity index is 0.00000243. The van der Waals surface area contributed by atoms with Gasteiger partial charge >= 0.3 is 6.18 Å². The van der Waals surface area contributed by atoms with E-state index in [1.807, 2.05) is 49.1 Å². The highest BCUT2D eigenvalue weighted by molar-refractivity contribution is 5.99. The van der Waals surface area contributed by atoms with Crippen LogP contribution in [0.25, 0.3) is 0 Å². The molecular formula is C20H22ClF3N2. The van der Waals surface area contributed by atoms with Crippen molar-refractivity contribution in [2.45, 2.75) is 44.9 Å². The molecule has 0 saturated carbocycles. The Morgan fingerprint density at radius 3 is 2.31 bits per heavy atom. The van der Waals surface area contributed by atoms with E-state index in [9.17, 15) is 13.2 Å². The van der Waals surface area contributed by atoms with Gasteiger partial charge in [-0.2, -0.15) is 13.2 Å². The summed E-state index contributed by atoms with van der Waals surface area (Å²) < 4.78 is 39.3. The molecule has 26 heavy (non-hydrogen) atoms. The fourth-order valence-electron chi connectivity index (χ4n) is 3.02. The van der Waals surface area contributed by atoms with E-state index in [0.717, 1.165) is 30.3 Å². The smallest absolute Gasteiger partial charge is 0.326 e. The van der Waals surface area contributed by atoms with Crippen molar-refractivity contribution >= 4 is 23.9 Å². The van der Waals surface area contributed by atoms with Gasteiger partial charge in [0.15, 0.2) is 0 Å². The topological polar surface area (TPSA) is 15.6 Å². The molecule has 0 fully saturated rings. The second-order valence-corrected chi connectivity index (χ2v) is 6.96. The number of anilines is 1. The van der Waals surface area contributed by atoms with Crippen LogP contribution >= 0.6 is 12.4 Å². The first-order valence-electron chi connectivity index (χ1n) is 8.32. The second-order valence-electron chi connectivity index (χ2n) is 6.96. The van der Waals surface area contributed by atoms with E-state index < -0.39 is 11.7 Å². The number of amidine groups is 1. The molecule has 1 aliphatic heterocycles. The molecular weight excluding hydrogens is 361 g/mol. The van der Waals surface area contributed by atoms with Gasteiger partial charge in [-0.15, -0.1) is 12.4 Å². The highest BCUT2D eigenvalue weighted by Crippen LogP contribution is 2.34. The van der Waals surface area contributed by atoms with Gasteiger partial charge in [-0.05, 0) is 44.0 Å². The number of aliphatic imine (C=N–C) groups is 1. The lowest BCUT2D eigenvalue weighted by atomic mass is 10.0. The summed E-state index contributed by atoms with van der Waals surface area (Å²) in [6.07, 6.45) is -2.70. The van der Waals surface area contributed by atoms with Crippen LogP contribution in [0.3, 0.4) is 0 Å². The summed E-state index contributed by atoms with van der Waals surface area (Å²) in [7, 11) is 0. The monoisotopic (exact) mass is 382 g/mol. The number of rotatable bonds is 3. The van der Waals surface area contributed by atoms with E-state index in [1.165, 1.54) is 12.1 Å². The summed E-state index contributed by atoms with van der Waals surface area (Å²) in [6.45, 7) is 4.59. The summed E-state index contributed by atoms with van der Waals surface area (Å²) in [5.41, 5.74) is 0.745. The van der Waals surface area contributed by atoms with Crippen molar-refractivity contribution in [1.82, 2.24) is 0 Å². The van der Waals surface area contributed by atoms with Crippen LogP contribution in [-0.2, 0) is 12.7 Å². The van der Waals surface area contributed by atoms with Gasteiger partial charge < -0.3 is 4.90 Å². The molecule has 1 heterocycles. The minimum absolute atomic E-state index is 0. The molecule has 0 N–H and O–H groups in total. The first-order valence-corrected chi connectivity index (χ1v) is 8.32. The van der Waals surface area contributed by atoms with E-state index in [0.29, 0.717) is 12.2 Å². The molecule has 0 aliphatic carbocycles. The van der Waals surface area contributed by atoms with Crippen LogP contribution in [-0.4, -0.2) is 11.4 Å². The van der Waals surface area contributed by atoms with E-state index >= 15 is 0 Å². The van der Waals surface area contributed by atoms with Crippen LogP contribution < -0.4 is 4.90 Å². The van der Waals surface area contributed by atoms with Gasteiger partial charge in [0.1, 0.15) is 5.84 Å². The minimum atomic E-state index is -4.36. The van der Waals surface area contributed by atoms with Gasteiger partial charge in [0.25, 0.3) is 0 Å². The van der Waals surface area contributed by atoms with E-state index in [-0.39, 0.29) is 17.9 Å². The molecule has 2 aromatic rings. The number of hydrogen-bond donors (Lipinski definition) is 0. The fraction of sp³-hybridized carbons (Fsp3) is 0.350. The Kier molecular flexibility index (Phi) is 6.02. The normalized spacial score (nSPS) is 16.0. The fourth-order valence-corrected chi connectivity index (χ4v) is 3.02. The zero-order valence-electron chi connectivity index (χ0n) is 14.8. The van der Waals surface area contributed by atoms with Crippen molar-refractivity contribution in [2.24, 2.45) is 4.99 Å². The summed E-state index contributed by atoms with van der Waals surface area (Å²) >= 11 is 0. The number of nitrogens with zero attached hydrogens (tertiary/aromatic N) is 2. The third kappa shape index (κ3) is 4.79. The maximum absolute atomic E-state index is 13.1. The standard InChI is InChI=1S/C20H21F3N2.ClH/c1-19(2)12-11-18(24-19)25(14-15-7-4-3-5-8-15)17-10-6-9-16(13-17)20(21,22)23;/h3-10,13H,11-12,14H2,1-2H3;1H. The Labute approximate surface area is 158 Å². The molecule has 0 aromatic heterocycles. The van der Waals surface area contributed by atoms with Gasteiger partial charge in [0.2, 0.25) is 0 Å². The Morgan fingerprint density at radius 2 is 1.73 bits per heavy atom. The molecule has 0 saturated heterocycles. The van der Waals surface area contributed by atoms with Crippen LogP contribution in [0.5, 0.6) is 0 Å². The SMILES string of the molecule is CC1(C)CCC(N(Cc2ccccc2)c2cccc(C(F)(F)F)c2)=N1.Cl. The van der Waals surface area contributed by atoms with Gasteiger partial charge in [-0.25, -0.2) is 0 Å². The van der Waals surface area contributed by atoms with Crippen molar-refractivity contribution in [3.63, 3.8) is 0 Å². The lowest BCUT2D eigenvalue weighted by Crippen LogP contribution is -2.29. The average molecular weight is 383 g/mol. The highest BCUT2D eigenvalue weighted by Gasteiger charge is 2.32. The largest absolute Gasteiger partial charge is 0.416 e. The lowest BCUT2D eigenvalue weighted by Gasteiger charge is -2.26. The molecule has 1 aliphatic rings. The van der Waals surface area contributed by atoms with Gasteiger partial charge in [-0.3, -0.25) is 4.99 Å². The molecule has 2 nitrogen and oxygen atoms in total. The lowest BCUT2D eigenvalue weighted by molar-refractivity contribution is -0.137. The van der Waals surface area contributed by atoms with Crippen LogP contribution in [0.2, 0.25) is 0 Å². The molecule has 0 bridgehead atoms. The number of benzene rings is 2. The van der Waals surface area contributed by atoms with Crippen molar-refractivity contribution < 1.29 is 13.2 Å². The average Bonchev–Trinajstić information content (AvgIpc) is 2.93. The second kappa shape index (κ2) is 7.70. The Hall–Kier alpha value is -2.01. The van der Waals surface area contributed by atoms with Crippen molar-refractivity contribution in [1.29, 1.82) is 0 Å². The molecule has 0 radical (unpaired) electrons. The first-order chi connectivity index (χ1) is 11.7. The number of halogens is 4. The molecule has 140 valence electrons. The van der Waals surface area contributed by atoms with E-state index in [4.69, 9.17) is 4.99 Å². The molecule has 6 heteroatoms. The van der Waals surface area contributed by atoms with Crippen LogP contribution in [0, 0.1) is 0 Å². The van der Waals surface area contributed by atoms with E-state index in [2.05, 4.69) is 0 Å². The van der Waals surface area contributed by atoms with Crippen molar-refractivity contribution in [3.05, 3.63) is 65.7 Å². The quantitative estimate of drug-likeness (QED) is 0.625. The molecule has 2 aromatic carbocycles. The summed E-state index contributed by atoms with van der Waals surface area (Å²) in [6, 6.07) is 15.2. The Bertz CT molecular complexity index is 770. The molecule has 0 unspecified atom stereocenters. The zero-order valence-corrected chi connectivity index (χ0v) is 15.6. The summed E-state index contributed by atoms with van der Waals surface area (Å²) in [5, 5.41) is 0.